The highest BCUT2D eigenvalue weighted by molar-refractivity contribution is 5.92. The summed E-state index contributed by atoms with van der Waals surface area (Å²) < 4.78 is 3.16. The number of anilines is 2. The van der Waals surface area contributed by atoms with Crippen molar-refractivity contribution in [3.8, 4) is 0 Å². The Morgan fingerprint density at radius 2 is 1.48 bits per heavy atom. The molecule has 0 saturated heterocycles. The topological polar surface area (TPSA) is 111 Å². The highest BCUT2D eigenvalue weighted by Gasteiger charge is 2.15. The van der Waals surface area contributed by atoms with Crippen molar-refractivity contribution < 1.29 is 9.59 Å². The number of hydrogen-bond donors (Lipinski definition) is 3. The van der Waals surface area contributed by atoms with Gasteiger partial charge in [0.1, 0.15) is 6.54 Å². The summed E-state index contributed by atoms with van der Waals surface area (Å²) in [7, 11) is 0. The summed E-state index contributed by atoms with van der Waals surface area (Å²) in [5.74, 6) is -0.313. The Bertz CT molecular complexity index is 1030. The van der Waals surface area contributed by atoms with Crippen LogP contribution in [0, 0.1) is 0 Å². The van der Waals surface area contributed by atoms with Crippen LogP contribution >= 0.6 is 0 Å². The Morgan fingerprint density at radius 1 is 0.926 bits per heavy atom. The van der Waals surface area contributed by atoms with E-state index in [0.29, 0.717) is 17.9 Å². The molecule has 1 aromatic heterocycles. The van der Waals surface area contributed by atoms with Crippen molar-refractivity contribution in [2.24, 2.45) is 5.73 Å². The van der Waals surface area contributed by atoms with Gasteiger partial charge in [0.05, 0.1) is 11.0 Å². The summed E-state index contributed by atoms with van der Waals surface area (Å²) in [6, 6.07) is 13.3. The van der Waals surface area contributed by atoms with Crippen LogP contribution in [0.1, 0.15) is 13.3 Å². The Kier molecular flexibility index (Phi) is 5.25. The van der Waals surface area contributed by atoms with E-state index in [1.54, 1.807) is 28.8 Å². The second-order valence-electron chi connectivity index (χ2n) is 6.12. The van der Waals surface area contributed by atoms with E-state index in [1.807, 2.05) is 31.2 Å². The lowest BCUT2D eigenvalue weighted by Crippen LogP contribution is -2.29. The first-order valence-electron chi connectivity index (χ1n) is 8.64. The smallest absolute Gasteiger partial charge is 0.329 e. The van der Waals surface area contributed by atoms with Gasteiger partial charge in [-0.05, 0) is 42.8 Å². The molecule has 0 fully saturated rings. The molecule has 140 valence electrons. The lowest BCUT2D eigenvalue weighted by Gasteiger charge is -2.07. The van der Waals surface area contributed by atoms with E-state index in [4.69, 9.17) is 5.73 Å². The minimum atomic E-state index is -0.658. The first-order valence-corrected chi connectivity index (χ1v) is 8.64. The number of aromatic nitrogens is 2. The van der Waals surface area contributed by atoms with Crippen molar-refractivity contribution in [3.63, 3.8) is 0 Å². The molecular weight excluding hydrogens is 346 g/mol. The number of para-hydroxylation sites is 2. The summed E-state index contributed by atoms with van der Waals surface area (Å²) >= 11 is 0. The zero-order chi connectivity index (χ0) is 19.4. The average molecular weight is 367 g/mol. The second kappa shape index (κ2) is 7.77. The normalized spacial score (nSPS) is 10.7. The predicted molar refractivity (Wildman–Crippen MR) is 105 cm³/mol. The minimum absolute atomic E-state index is 0.0860. The van der Waals surface area contributed by atoms with Gasteiger partial charge in [-0.3, -0.25) is 13.9 Å². The molecule has 0 aliphatic rings. The zero-order valence-corrected chi connectivity index (χ0v) is 14.9. The lowest BCUT2D eigenvalue weighted by atomic mass is 10.2. The molecule has 0 radical (unpaired) electrons. The molecule has 8 nitrogen and oxygen atoms in total. The highest BCUT2D eigenvalue weighted by Crippen LogP contribution is 2.15. The van der Waals surface area contributed by atoms with Gasteiger partial charge in [-0.2, -0.15) is 0 Å². The van der Waals surface area contributed by atoms with Gasteiger partial charge in [0, 0.05) is 17.9 Å². The third-order valence-corrected chi connectivity index (χ3v) is 4.11. The molecule has 0 unspecified atom stereocenters. The number of benzene rings is 2. The number of nitrogens with two attached hydrogens (primary N) is 1. The van der Waals surface area contributed by atoms with Crippen LogP contribution in [0.15, 0.2) is 53.3 Å². The zero-order valence-electron chi connectivity index (χ0n) is 14.9. The Hall–Kier alpha value is -3.55. The molecule has 4 N–H and O–H groups in total. The number of hydrogen-bond acceptors (Lipinski definition) is 3. The van der Waals surface area contributed by atoms with Crippen LogP contribution in [0.4, 0.5) is 16.2 Å². The van der Waals surface area contributed by atoms with Crippen LogP contribution in [0.2, 0.25) is 0 Å². The number of urea groups is 1. The number of nitrogens with zero attached hydrogens (tertiary/aromatic N) is 2. The summed E-state index contributed by atoms with van der Waals surface area (Å²) in [5.41, 5.74) is 7.49. The van der Waals surface area contributed by atoms with Crippen molar-refractivity contribution >= 4 is 34.3 Å². The van der Waals surface area contributed by atoms with Crippen molar-refractivity contribution in [2.75, 3.05) is 10.6 Å². The van der Waals surface area contributed by atoms with Crippen LogP contribution < -0.4 is 22.1 Å². The van der Waals surface area contributed by atoms with Crippen LogP contribution in [0.3, 0.4) is 0 Å². The predicted octanol–water partition coefficient (Wildman–Crippen LogP) is 2.34. The quantitative estimate of drug-likeness (QED) is 0.622. The highest BCUT2D eigenvalue weighted by atomic mass is 16.2. The summed E-state index contributed by atoms with van der Waals surface area (Å²) in [6.45, 7) is 2.52. The van der Waals surface area contributed by atoms with Gasteiger partial charge >= 0.3 is 11.7 Å². The third-order valence-electron chi connectivity index (χ3n) is 4.11. The Morgan fingerprint density at radius 3 is 2.04 bits per heavy atom. The van der Waals surface area contributed by atoms with Crippen LogP contribution in [-0.4, -0.2) is 21.1 Å². The maximum Gasteiger partial charge on any atom is 0.329 e. The van der Waals surface area contributed by atoms with Gasteiger partial charge in [0.2, 0.25) is 5.91 Å². The van der Waals surface area contributed by atoms with E-state index in [1.165, 1.54) is 4.57 Å². The molecule has 3 rings (SSSR count). The summed E-state index contributed by atoms with van der Waals surface area (Å²) in [4.78, 5) is 36.0. The first kappa shape index (κ1) is 18.2. The number of amides is 3. The molecule has 2 aromatic carbocycles. The van der Waals surface area contributed by atoms with E-state index in [2.05, 4.69) is 10.6 Å². The van der Waals surface area contributed by atoms with E-state index < -0.39 is 6.03 Å². The number of rotatable bonds is 6. The van der Waals surface area contributed by atoms with Gasteiger partial charge in [0.25, 0.3) is 0 Å². The fraction of sp³-hybridized carbons (Fsp3) is 0.211. The molecule has 3 amide bonds. The monoisotopic (exact) mass is 367 g/mol. The van der Waals surface area contributed by atoms with Crippen molar-refractivity contribution in [2.45, 2.75) is 26.4 Å². The molecule has 8 heteroatoms. The summed E-state index contributed by atoms with van der Waals surface area (Å²) in [6.07, 6.45) is 0.825. The second-order valence-corrected chi connectivity index (χ2v) is 6.12. The maximum atomic E-state index is 12.7. The van der Waals surface area contributed by atoms with Crippen molar-refractivity contribution in [1.82, 2.24) is 9.13 Å². The number of carbonyl (C=O) groups is 2. The molecular formula is C19H21N5O3. The van der Waals surface area contributed by atoms with Crippen LogP contribution in [-0.2, 0) is 17.9 Å². The number of imidazole rings is 1. The molecule has 27 heavy (non-hydrogen) atoms. The number of fused-ring (bicyclic) bond motifs is 1. The molecule has 0 saturated carbocycles. The lowest BCUT2D eigenvalue weighted by molar-refractivity contribution is -0.116. The van der Waals surface area contributed by atoms with Crippen molar-refractivity contribution in [1.29, 1.82) is 0 Å². The Balaban J connectivity index is 1.79. The maximum absolute atomic E-state index is 12.7. The van der Waals surface area contributed by atoms with E-state index >= 15 is 0 Å². The van der Waals surface area contributed by atoms with E-state index in [0.717, 1.165) is 17.5 Å². The standard InChI is InChI=1S/C19H21N5O3/c1-2-11-23-15-5-3-4-6-16(15)24(19(23)27)12-17(25)21-13-7-9-14(10-8-13)22-18(20)26/h3-10H,2,11-12H2,1H3,(H,21,25)(H3,20,22,26). The van der Waals surface area contributed by atoms with Crippen LogP contribution in [0.5, 0.6) is 0 Å². The molecule has 0 spiro atoms. The molecule has 0 bridgehead atoms. The van der Waals surface area contributed by atoms with Crippen molar-refractivity contribution in [3.05, 3.63) is 59.0 Å². The van der Waals surface area contributed by atoms with Gasteiger partial charge in [-0.1, -0.05) is 19.1 Å². The summed E-state index contributed by atoms with van der Waals surface area (Å²) in [5, 5.41) is 5.20. The first-order chi connectivity index (χ1) is 13.0. The number of primary amides is 1. The molecule has 0 atom stereocenters. The number of carbonyl (C=O) groups excluding carboxylic acids is 2. The third kappa shape index (κ3) is 4.00. The minimum Gasteiger partial charge on any atom is -0.351 e. The fourth-order valence-corrected chi connectivity index (χ4v) is 2.99. The largest absolute Gasteiger partial charge is 0.351 e. The molecule has 1 heterocycles. The average Bonchev–Trinajstić information content (AvgIpc) is 2.89. The fourth-order valence-electron chi connectivity index (χ4n) is 2.99. The number of nitrogens with one attached hydrogen (secondary N) is 2. The molecule has 0 aliphatic carbocycles. The van der Waals surface area contributed by atoms with Gasteiger partial charge in [-0.25, -0.2) is 9.59 Å². The van der Waals surface area contributed by atoms with E-state index in [9.17, 15) is 14.4 Å². The van der Waals surface area contributed by atoms with Gasteiger partial charge < -0.3 is 16.4 Å². The van der Waals surface area contributed by atoms with Gasteiger partial charge in [-0.15, -0.1) is 0 Å². The molecule has 0 aliphatic heterocycles. The van der Waals surface area contributed by atoms with Gasteiger partial charge in [0.15, 0.2) is 0 Å². The van der Waals surface area contributed by atoms with Crippen LogP contribution in [0.25, 0.3) is 11.0 Å². The van der Waals surface area contributed by atoms with E-state index in [-0.39, 0.29) is 18.1 Å². The number of aryl methyl sites for hydroxylation is 1. The molecule has 3 aromatic rings. The SMILES string of the molecule is CCCn1c(=O)n(CC(=O)Nc2ccc(NC(N)=O)cc2)c2ccccc21. The Labute approximate surface area is 155 Å².